The van der Waals surface area contributed by atoms with Crippen LogP contribution in [-0.2, 0) is 11.3 Å². The van der Waals surface area contributed by atoms with Crippen LogP contribution in [0.4, 0.5) is 0 Å². The van der Waals surface area contributed by atoms with E-state index in [0.717, 1.165) is 19.5 Å². The molecule has 2 aromatic heterocycles. The number of rotatable bonds is 4. The van der Waals surface area contributed by atoms with Crippen molar-refractivity contribution in [3.63, 3.8) is 0 Å². The van der Waals surface area contributed by atoms with Gasteiger partial charge in [0.15, 0.2) is 0 Å². The van der Waals surface area contributed by atoms with Gasteiger partial charge in [-0.05, 0) is 28.8 Å². The SMILES string of the molecule is CO[C@@H]1C[C@H](c2nnc(C)o2)N(Cc2csc3ccccc23)C1. The van der Waals surface area contributed by atoms with Crippen molar-refractivity contribution in [1.82, 2.24) is 15.1 Å². The molecule has 0 aliphatic carbocycles. The highest BCUT2D eigenvalue weighted by molar-refractivity contribution is 7.17. The van der Waals surface area contributed by atoms with Crippen LogP contribution in [0, 0.1) is 6.92 Å². The van der Waals surface area contributed by atoms with Crippen LogP contribution < -0.4 is 0 Å². The maximum absolute atomic E-state index is 5.68. The molecule has 0 N–H and O–H groups in total. The summed E-state index contributed by atoms with van der Waals surface area (Å²) in [6, 6.07) is 8.67. The van der Waals surface area contributed by atoms with Crippen LogP contribution in [0.3, 0.4) is 0 Å². The molecule has 0 saturated carbocycles. The maximum atomic E-state index is 5.68. The Labute approximate surface area is 138 Å². The highest BCUT2D eigenvalue weighted by Crippen LogP contribution is 2.36. The van der Waals surface area contributed by atoms with E-state index in [2.05, 4.69) is 44.7 Å². The maximum Gasteiger partial charge on any atom is 0.233 e. The Morgan fingerprint density at radius 1 is 1.35 bits per heavy atom. The van der Waals surface area contributed by atoms with Gasteiger partial charge in [0.2, 0.25) is 11.8 Å². The standard InChI is InChI=1S/C17H19N3O2S/c1-11-18-19-17(22-11)15-7-13(21-2)9-20(15)8-12-10-23-16-6-4-3-5-14(12)16/h3-6,10,13,15H,7-9H2,1-2H3/t13-,15-/m1/s1. The van der Waals surface area contributed by atoms with E-state index in [4.69, 9.17) is 9.15 Å². The van der Waals surface area contributed by atoms with Gasteiger partial charge in [-0.15, -0.1) is 21.5 Å². The molecular formula is C17H19N3O2S. The number of benzene rings is 1. The van der Waals surface area contributed by atoms with Gasteiger partial charge in [-0.2, -0.15) is 0 Å². The van der Waals surface area contributed by atoms with Gasteiger partial charge in [0.1, 0.15) is 0 Å². The number of nitrogens with zero attached hydrogens (tertiary/aromatic N) is 3. The number of aryl methyl sites for hydroxylation is 1. The first-order chi connectivity index (χ1) is 11.2. The van der Waals surface area contributed by atoms with E-state index in [-0.39, 0.29) is 12.1 Å². The van der Waals surface area contributed by atoms with Gasteiger partial charge < -0.3 is 9.15 Å². The summed E-state index contributed by atoms with van der Waals surface area (Å²) >= 11 is 1.80. The summed E-state index contributed by atoms with van der Waals surface area (Å²) < 4.78 is 12.6. The zero-order valence-corrected chi connectivity index (χ0v) is 14.0. The number of fused-ring (bicyclic) bond motifs is 1. The van der Waals surface area contributed by atoms with E-state index in [1.54, 1.807) is 18.4 Å². The summed E-state index contributed by atoms with van der Waals surface area (Å²) in [6.45, 7) is 3.58. The smallest absolute Gasteiger partial charge is 0.233 e. The Balaban J connectivity index is 1.62. The van der Waals surface area contributed by atoms with Gasteiger partial charge >= 0.3 is 0 Å². The van der Waals surface area contributed by atoms with Gasteiger partial charge in [-0.25, -0.2) is 0 Å². The Hall–Kier alpha value is -1.76. The van der Waals surface area contributed by atoms with Crippen molar-refractivity contribution in [2.75, 3.05) is 13.7 Å². The molecule has 0 radical (unpaired) electrons. The molecule has 5 nitrogen and oxygen atoms in total. The number of aromatic nitrogens is 2. The van der Waals surface area contributed by atoms with Crippen molar-refractivity contribution in [1.29, 1.82) is 0 Å². The van der Waals surface area contributed by atoms with Crippen LogP contribution in [0.2, 0.25) is 0 Å². The molecule has 0 unspecified atom stereocenters. The Kier molecular flexibility index (Phi) is 3.88. The summed E-state index contributed by atoms with van der Waals surface area (Å²) in [5.74, 6) is 1.31. The molecule has 1 aliphatic rings. The van der Waals surface area contributed by atoms with Crippen LogP contribution in [0.25, 0.3) is 10.1 Å². The van der Waals surface area contributed by atoms with Crippen molar-refractivity contribution in [3.8, 4) is 0 Å². The van der Waals surface area contributed by atoms with E-state index in [1.807, 2.05) is 6.92 Å². The van der Waals surface area contributed by atoms with E-state index < -0.39 is 0 Å². The molecular weight excluding hydrogens is 310 g/mol. The molecule has 0 bridgehead atoms. The van der Waals surface area contributed by atoms with Gasteiger partial charge in [0, 0.05) is 31.8 Å². The first-order valence-electron chi connectivity index (χ1n) is 7.76. The Bertz CT molecular complexity index is 813. The minimum atomic E-state index is 0.125. The first-order valence-corrected chi connectivity index (χ1v) is 8.64. The van der Waals surface area contributed by atoms with Gasteiger partial charge in [-0.3, -0.25) is 4.90 Å². The molecule has 2 atom stereocenters. The minimum absolute atomic E-state index is 0.125. The zero-order chi connectivity index (χ0) is 15.8. The quantitative estimate of drug-likeness (QED) is 0.732. The number of hydrogen-bond donors (Lipinski definition) is 0. The lowest BCUT2D eigenvalue weighted by Crippen LogP contribution is -2.24. The van der Waals surface area contributed by atoms with E-state index in [1.165, 1.54) is 15.6 Å². The van der Waals surface area contributed by atoms with Crippen molar-refractivity contribution >= 4 is 21.4 Å². The van der Waals surface area contributed by atoms with Crippen molar-refractivity contribution < 1.29 is 9.15 Å². The van der Waals surface area contributed by atoms with E-state index >= 15 is 0 Å². The van der Waals surface area contributed by atoms with Gasteiger partial charge in [0.25, 0.3) is 0 Å². The highest BCUT2D eigenvalue weighted by Gasteiger charge is 2.36. The lowest BCUT2D eigenvalue weighted by Gasteiger charge is -2.21. The molecule has 1 aliphatic heterocycles. The van der Waals surface area contributed by atoms with Crippen molar-refractivity contribution in [2.45, 2.75) is 32.0 Å². The molecule has 3 heterocycles. The Morgan fingerprint density at radius 2 is 2.22 bits per heavy atom. The largest absolute Gasteiger partial charge is 0.424 e. The zero-order valence-electron chi connectivity index (χ0n) is 13.2. The topological polar surface area (TPSA) is 51.4 Å². The molecule has 120 valence electrons. The fourth-order valence-corrected chi connectivity index (χ4v) is 4.24. The van der Waals surface area contributed by atoms with Gasteiger partial charge in [-0.1, -0.05) is 18.2 Å². The second kappa shape index (κ2) is 6.03. The third kappa shape index (κ3) is 2.78. The van der Waals surface area contributed by atoms with Crippen molar-refractivity contribution in [3.05, 3.63) is 47.0 Å². The van der Waals surface area contributed by atoms with Gasteiger partial charge in [0.05, 0.1) is 12.1 Å². The predicted octanol–water partition coefficient (Wildman–Crippen LogP) is 3.55. The normalized spacial score (nSPS) is 22.2. The average Bonchev–Trinajstić information content (AvgIpc) is 3.27. The molecule has 1 aromatic carbocycles. The molecule has 23 heavy (non-hydrogen) atoms. The molecule has 0 amide bonds. The molecule has 1 fully saturated rings. The number of likely N-dealkylation sites (tertiary alicyclic amines) is 1. The number of ether oxygens (including phenoxy) is 1. The molecule has 6 heteroatoms. The lowest BCUT2D eigenvalue weighted by atomic mass is 10.1. The number of methoxy groups -OCH3 is 1. The molecule has 4 rings (SSSR count). The Morgan fingerprint density at radius 3 is 3.00 bits per heavy atom. The third-order valence-corrected chi connectivity index (χ3v) is 5.47. The average molecular weight is 329 g/mol. The predicted molar refractivity (Wildman–Crippen MR) is 89.4 cm³/mol. The van der Waals surface area contributed by atoms with Crippen LogP contribution in [0.5, 0.6) is 0 Å². The van der Waals surface area contributed by atoms with E-state index in [0.29, 0.717) is 11.8 Å². The first kappa shape index (κ1) is 14.8. The van der Waals surface area contributed by atoms with E-state index in [9.17, 15) is 0 Å². The van der Waals surface area contributed by atoms with Crippen LogP contribution in [0.1, 0.15) is 29.8 Å². The number of thiophene rings is 1. The fourth-order valence-electron chi connectivity index (χ4n) is 3.28. The van der Waals surface area contributed by atoms with Crippen LogP contribution in [0.15, 0.2) is 34.1 Å². The fraction of sp³-hybridized carbons (Fsp3) is 0.412. The lowest BCUT2D eigenvalue weighted by molar-refractivity contribution is 0.107. The minimum Gasteiger partial charge on any atom is -0.424 e. The second-order valence-electron chi connectivity index (χ2n) is 5.96. The summed E-state index contributed by atoms with van der Waals surface area (Å²) in [4.78, 5) is 2.38. The monoisotopic (exact) mass is 329 g/mol. The summed E-state index contributed by atoms with van der Waals surface area (Å²) in [6.07, 6.45) is 1.09. The summed E-state index contributed by atoms with van der Waals surface area (Å²) in [5, 5.41) is 11.8. The second-order valence-corrected chi connectivity index (χ2v) is 6.87. The third-order valence-electron chi connectivity index (χ3n) is 4.46. The highest BCUT2D eigenvalue weighted by atomic mass is 32.1. The summed E-state index contributed by atoms with van der Waals surface area (Å²) in [7, 11) is 1.77. The van der Waals surface area contributed by atoms with Crippen molar-refractivity contribution in [2.24, 2.45) is 0 Å². The molecule has 1 saturated heterocycles. The molecule has 3 aromatic rings. The number of hydrogen-bond acceptors (Lipinski definition) is 6. The summed E-state index contributed by atoms with van der Waals surface area (Å²) in [5.41, 5.74) is 1.35. The van der Waals surface area contributed by atoms with Crippen LogP contribution in [-0.4, -0.2) is 34.9 Å². The molecule has 0 spiro atoms. The van der Waals surface area contributed by atoms with Crippen LogP contribution >= 0.6 is 11.3 Å².